The zero-order valence-corrected chi connectivity index (χ0v) is 13.6. The summed E-state index contributed by atoms with van der Waals surface area (Å²) in [4.78, 5) is 16.3. The SMILES string of the molecule is CCOc1ncccc1C(=O)NCc1nnc2ccc(C(F)(F)F)cn12. The van der Waals surface area contributed by atoms with Crippen molar-refractivity contribution in [3.8, 4) is 5.88 Å². The summed E-state index contributed by atoms with van der Waals surface area (Å²) in [7, 11) is 0. The molecule has 0 spiro atoms. The van der Waals surface area contributed by atoms with Crippen molar-refractivity contribution in [1.29, 1.82) is 0 Å². The third-order valence-electron chi connectivity index (χ3n) is 3.50. The van der Waals surface area contributed by atoms with E-state index in [9.17, 15) is 18.0 Å². The number of rotatable bonds is 5. The highest BCUT2D eigenvalue weighted by molar-refractivity contribution is 5.96. The van der Waals surface area contributed by atoms with E-state index in [4.69, 9.17) is 4.74 Å². The second-order valence-corrected chi connectivity index (χ2v) is 5.23. The predicted molar refractivity (Wildman–Crippen MR) is 84.6 cm³/mol. The molecule has 1 N–H and O–H groups in total. The molecule has 1 amide bonds. The number of hydrogen-bond acceptors (Lipinski definition) is 5. The maximum Gasteiger partial charge on any atom is 0.417 e. The van der Waals surface area contributed by atoms with Crippen LogP contribution in [0, 0.1) is 0 Å². The van der Waals surface area contributed by atoms with E-state index in [1.54, 1.807) is 13.0 Å². The Balaban J connectivity index is 1.81. The number of ether oxygens (including phenoxy) is 1. The molecule has 0 bridgehead atoms. The highest BCUT2D eigenvalue weighted by atomic mass is 19.4. The monoisotopic (exact) mass is 365 g/mol. The van der Waals surface area contributed by atoms with Crippen LogP contribution in [0.5, 0.6) is 5.88 Å². The van der Waals surface area contributed by atoms with Gasteiger partial charge in [-0.1, -0.05) is 0 Å². The van der Waals surface area contributed by atoms with Gasteiger partial charge in [-0.3, -0.25) is 9.20 Å². The van der Waals surface area contributed by atoms with E-state index < -0.39 is 17.6 Å². The molecule has 136 valence electrons. The number of alkyl halides is 3. The van der Waals surface area contributed by atoms with Crippen molar-refractivity contribution in [3.63, 3.8) is 0 Å². The highest BCUT2D eigenvalue weighted by Gasteiger charge is 2.31. The van der Waals surface area contributed by atoms with Gasteiger partial charge in [0.1, 0.15) is 5.56 Å². The summed E-state index contributed by atoms with van der Waals surface area (Å²) in [5.74, 6) is -0.135. The molecule has 7 nitrogen and oxygen atoms in total. The van der Waals surface area contributed by atoms with E-state index in [2.05, 4.69) is 20.5 Å². The smallest absolute Gasteiger partial charge is 0.417 e. The first-order valence-electron chi connectivity index (χ1n) is 7.67. The summed E-state index contributed by atoms with van der Waals surface area (Å²) in [6.07, 6.45) is -2.10. The van der Waals surface area contributed by atoms with Crippen LogP contribution in [0.2, 0.25) is 0 Å². The molecule has 26 heavy (non-hydrogen) atoms. The fourth-order valence-corrected chi connectivity index (χ4v) is 2.30. The molecular weight excluding hydrogens is 351 g/mol. The van der Waals surface area contributed by atoms with E-state index in [0.717, 1.165) is 12.3 Å². The fourth-order valence-electron chi connectivity index (χ4n) is 2.30. The highest BCUT2D eigenvalue weighted by Crippen LogP contribution is 2.29. The Morgan fingerprint density at radius 3 is 2.81 bits per heavy atom. The van der Waals surface area contributed by atoms with E-state index in [-0.39, 0.29) is 29.5 Å². The summed E-state index contributed by atoms with van der Waals surface area (Å²) >= 11 is 0. The Morgan fingerprint density at radius 1 is 1.27 bits per heavy atom. The number of halogens is 3. The van der Waals surface area contributed by atoms with Crippen molar-refractivity contribution in [2.45, 2.75) is 19.6 Å². The minimum absolute atomic E-state index is 0.109. The molecule has 0 aliphatic carbocycles. The summed E-state index contributed by atoms with van der Waals surface area (Å²) < 4.78 is 45.1. The molecule has 3 aromatic rings. The van der Waals surface area contributed by atoms with E-state index >= 15 is 0 Å². The van der Waals surface area contributed by atoms with Crippen LogP contribution in [0.15, 0.2) is 36.7 Å². The van der Waals surface area contributed by atoms with Crippen LogP contribution >= 0.6 is 0 Å². The first kappa shape index (κ1) is 17.6. The van der Waals surface area contributed by atoms with Gasteiger partial charge in [-0.05, 0) is 31.2 Å². The number of fused-ring (bicyclic) bond motifs is 1. The zero-order valence-electron chi connectivity index (χ0n) is 13.6. The zero-order chi connectivity index (χ0) is 18.7. The maximum absolute atomic E-state index is 12.9. The topological polar surface area (TPSA) is 81.4 Å². The van der Waals surface area contributed by atoms with Gasteiger partial charge in [0, 0.05) is 12.4 Å². The molecule has 0 saturated heterocycles. The van der Waals surface area contributed by atoms with Crippen LogP contribution in [0.3, 0.4) is 0 Å². The van der Waals surface area contributed by atoms with E-state index in [1.165, 1.54) is 22.7 Å². The minimum atomic E-state index is -4.49. The number of pyridine rings is 2. The molecule has 0 aliphatic rings. The summed E-state index contributed by atoms with van der Waals surface area (Å²) in [5.41, 5.74) is -0.360. The number of amides is 1. The fraction of sp³-hybridized carbons (Fsp3) is 0.250. The lowest BCUT2D eigenvalue weighted by molar-refractivity contribution is -0.137. The van der Waals surface area contributed by atoms with Gasteiger partial charge in [0.25, 0.3) is 5.91 Å². The number of carbonyl (C=O) groups excluding carboxylic acids is 1. The molecule has 3 heterocycles. The predicted octanol–water partition coefficient (Wildman–Crippen LogP) is 2.47. The molecule has 3 aromatic heterocycles. The molecule has 0 atom stereocenters. The Kier molecular flexibility index (Phi) is 4.74. The van der Waals surface area contributed by atoms with Crippen LogP contribution < -0.4 is 10.1 Å². The Hall–Kier alpha value is -3.17. The third kappa shape index (κ3) is 3.58. The molecule has 0 aromatic carbocycles. The van der Waals surface area contributed by atoms with Gasteiger partial charge in [0.2, 0.25) is 5.88 Å². The lowest BCUT2D eigenvalue weighted by atomic mass is 10.2. The average Bonchev–Trinajstić information content (AvgIpc) is 3.02. The van der Waals surface area contributed by atoms with Crippen LogP contribution in [-0.2, 0) is 12.7 Å². The van der Waals surface area contributed by atoms with Crippen LogP contribution in [0.1, 0.15) is 28.7 Å². The lowest BCUT2D eigenvalue weighted by Crippen LogP contribution is -2.25. The molecule has 0 fully saturated rings. The van der Waals surface area contributed by atoms with Crippen LogP contribution in [0.25, 0.3) is 5.65 Å². The number of hydrogen-bond donors (Lipinski definition) is 1. The van der Waals surface area contributed by atoms with Gasteiger partial charge >= 0.3 is 6.18 Å². The Bertz CT molecular complexity index is 939. The van der Waals surface area contributed by atoms with Gasteiger partial charge in [0.15, 0.2) is 11.5 Å². The first-order chi connectivity index (χ1) is 12.4. The lowest BCUT2D eigenvalue weighted by Gasteiger charge is -2.09. The van der Waals surface area contributed by atoms with Crippen molar-refractivity contribution in [2.24, 2.45) is 0 Å². The number of nitrogens with zero attached hydrogens (tertiary/aromatic N) is 4. The second-order valence-electron chi connectivity index (χ2n) is 5.23. The summed E-state index contributed by atoms with van der Waals surface area (Å²) in [5, 5.41) is 10.2. The van der Waals surface area contributed by atoms with Gasteiger partial charge in [0.05, 0.1) is 18.7 Å². The van der Waals surface area contributed by atoms with Gasteiger partial charge in [-0.2, -0.15) is 13.2 Å². The Morgan fingerprint density at radius 2 is 2.08 bits per heavy atom. The maximum atomic E-state index is 12.9. The number of aromatic nitrogens is 4. The quantitative estimate of drug-likeness (QED) is 0.751. The largest absolute Gasteiger partial charge is 0.477 e. The average molecular weight is 365 g/mol. The van der Waals surface area contributed by atoms with E-state index in [1.807, 2.05) is 0 Å². The first-order valence-corrected chi connectivity index (χ1v) is 7.67. The molecule has 0 unspecified atom stereocenters. The van der Waals surface area contributed by atoms with Crippen molar-refractivity contribution < 1.29 is 22.7 Å². The third-order valence-corrected chi connectivity index (χ3v) is 3.50. The van der Waals surface area contributed by atoms with Gasteiger partial charge in [-0.25, -0.2) is 4.98 Å². The minimum Gasteiger partial charge on any atom is -0.477 e. The molecular formula is C16H14F3N5O2. The van der Waals surface area contributed by atoms with Crippen molar-refractivity contribution in [2.75, 3.05) is 6.61 Å². The van der Waals surface area contributed by atoms with Gasteiger partial charge < -0.3 is 10.1 Å². The van der Waals surface area contributed by atoms with Gasteiger partial charge in [-0.15, -0.1) is 10.2 Å². The molecule has 0 radical (unpaired) electrons. The summed E-state index contributed by atoms with van der Waals surface area (Å²) in [6.45, 7) is 1.99. The molecule has 0 aliphatic heterocycles. The van der Waals surface area contributed by atoms with Crippen molar-refractivity contribution in [1.82, 2.24) is 24.9 Å². The number of nitrogens with one attached hydrogen (secondary N) is 1. The second kappa shape index (κ2) is 6.98. The normalized spacial score (nSPS) is 11.5. The molecule has 10 heteroatoms. The van der Waals surface area contributed by atoms with Crippen LogP contribution in [0.4, 0.5) is 13.2 Å². The number of carbonyl (C=O) groups is 1. The molecule has 0 saturated carbocycles. The van der Waals surface area contributed by atoms with Crippen molar-refractivity contribution in [3.05, 3.63) is 53.6 Å². The van der Waals surface area contributed by atoms with E-state index in [0.29, 0.717) is 6.61 Å². The standard InChI is InChI=1S/C16H14F3N5O2/c1-2-26-15-11(4-3-7-20-15)14(25)21-8-13-23-22-12-6-5-10(9-24(12)13)16(17,18)19/h3-7,9H,2,8H2,1H3,(H,21,25). The van der Waals surface area contributed by atoms with Crippen LogP contribution in [-0.4, -0.2) is 32.1 Å². The van der Waals surface area contributed by atoms with Crippen molar-refractivity contribution >= 4 is 11.6 Å². The Labute approximate surface area is 145 Å². The molecule has 3 rings (SSSR count). The summed E-state index contributed by atoms with van der Waals surface area (Å²) in [6, 6.07) is 5.27.